The van der Waals surface area contributed by atoms with Crippen LogP contribution in [-0.4, -0.2) is 45.9 Å². The Labute approximate surface area is 167 Å². The Balaban J connectivity index is 1.77. The summed E-state index contributed by atoms with van der Waals surface area (Å²) in [6.45, 7) is 5.11. The maximum absolute atomic E-state index is 13.3. The highest BCUT2D eigenvalue weighted by Crippen LogP contribution is 2.27. The van der Waals surface area contributed by atoms with Crippen LogP contribution in [0.5, 0.6) is 0 Å². The maximum atomic E-state index is 13.3. The Kier molecular flexibility index (Phi) is 5.04. The van der Waals surface area contributed by atoms with Gasteiger partial charge in [0.25, 0.3) is 5.91 Å². The molecular weight excluding hydrogens is 382 g/mol. The molecular formula is C20H20ClN3O2S. The number of morpholine rings is 1. The number of hydrogen-bond acceptors (Lipinski definition) is 4. The number of carbonyl (C=O) groups excluding carboxylic acids is 1. The zero-order valence-electron chi connectivity index (χ0n) is 15.1. The van der Waals surface area contributed by atoms with Crippen LogP contribution in [0.1, 0.15) is 24.3 Å². The number of carbonyl (C=O) groups is 1. The van der Waals surface area contributed by atoms with E-state index in [-0.39, 0.29) is 18.1 Å². The first-order valence-electron chi connectivity index (χ1n) is 8.86. The minimum Gasteiger partial charge on any atom is -0.372 e. The van der Waals surface area contributed by atoms with Gasteiger partial charge in [-0.15, -0.1) is 11.3 Å². The van der Waals surface area contributed by atoms with Crippen molar-refractivity contribution in [2.75, 3.05) is 13.1 Å². The van der Waals surface area contributed by atoms with E-state index in [1.807, 2.05) is 66.6 Å². The van der Waals surface area contributed by atoms with E-state index in [4.69, 9.17) is 21.4 Å². The monoisotopic (exact) mass is 401 g/mol. The molecule has 0 aliphatic carbocycles. The number of benzene rings is 1. The van der Waals surface area contributed by atoms with Gasteiger partial charge in [0.05, 0.1) is 22.8 Å². The zero-order chi connectivity index (χ0) is 19.0. The molecule has 27 heavy (non-hydrogen) atoms. The predicted octanol–water partition coefficient (Wildman–Crippen LogP) is 4.50. The first-order chi connectivity index (χ1) is 13.0. The summed E-state index contributed by atoms with van der Waals surface area (Å²) in [6.07, 6.45) is 0.0222. The van der Waals surface area contributed by atoms with Gasteiger partial charge in [-0.2, -0.15) is 5.10 Å². The number of rotatable bonds is 3. The number of halogens is 1. The summed E-state index contributed by atoms with van der Waals surface area (Å²) in [5, 5.41) is 7.31. The summed E-state index contributed by atoms with van der Waals surface area (Å²) in [5.74, 6) is -0.0488. The van der Waals surface area contributed by atoms with Crippen molar-refractivity contribution in [1.82, 2.24) is 14.7 Å². The van der Waals surface area contributed by atoms with Crippen molar-refractivity contribution >= 4 is 28.8 Å². The van der Waals surface area contributed by atoms with E-state index in [9.17, 15) is 4.79 Å². The SMILES string of the molecule is C[C@@H]1CN(C(=O)c2cc(-c3cccs3)nn2-c2cccc(Cl)c2)C[C@H](C)O1. The Bertz CT molecular complexity index is 944. The average Bonchev–Trinajstić information content (AvgIpc) is 3.30. The Hall–Kier alpha value is -2.15. The Morgan fingerprint density at radius 2 is 1.96 bits per heavy atom. The van der Waals surface area contributed by atoms with Crippen LogP contribution < -0.4 is 0 Å². The molecule has 1 fully saturated rings. The molecule has 140 valence electrons. The minimum absolute atomic E-state index is 0.0111. The largest absolute Gasteiger partial charge is 0.372 e. The topological polar surface area (TPSA) is 47.4 Å². The third kappa shape index (κ3) is 3.78. The number of amides is 1. The molecule has 2 atom stereocenters. The highest BCUT2D eigenvalue weighted by molar-refractivity contribution is 7.13. The van der Waals surface area contributed by atoms with Gasteiger partial charge in [0.15, 0.2) is 0 Å². The molecule has 0 radical (unpaired) electrons. The van der Waals surface area contributed by atoms with Crippen LogP contribution >= 0.6 is 22.9 Å². The first-order valence-corrected chi connectivity index (χ1v) is 10.1. The number of thiophene rings is 1. The van der Waals surface area contributed by atoms with E-state index < -0.39 is 0 Å². The summed E-state index contributed by atoms with van der Waals surface area (Å²) in [6, 6.07) is 13.2. The van der Waals surface area contributed by atoms with Gasteiger partial charge in [0, 0.05) is 18.1 Å². The van der Waals surface area contributed by atoms with E-state index in [0.717, 1.165) is 16.3 Å². The number of hydrogen-bond donors (Lipinski definition) is 0. The fourth-order valence-electron chi connectivity index (χ4n) is 3.39. The van der Waals surface area contributed by atoms with Crippen molar-refractivity contribution in [2.45, 2.75) is 26.1 Å². The molecule has 0 saturated carbocycles. The number of ether oxygens (including phenoxy) is 1. The third-order valence-corrected chi connectivity index (χ3v) is 5.59. The van der Waals surface area contributed by atoms with Crippen LogP contribution in [0.3, 0.4) is 0 Å². The Morgan fingerprint density at radius 1 is 1.19 bits per heavy atom. The summed E-state index contributed by atoms with van der Waals surface area (Å²) in [4.78, 5) is 16.2. The number of aromatic nitrogens is 2. The van der Waals surface area contributed by atoms with E-state index in [2.05, 4.69) is 0 Å². The van der Waals surface area contributed by atoms with Crippen LogP contribution in [0.25, 0.3) is 16.3 Å². The van der Waals surface area contributed by atoms with Crippen molar-refractivity contribution in [3.05, 3.63) is 58.6 Å². The van der Waals surface area contributed by atoms with Gasteiger partial charge >= 0.3 is 0 Å². The maximum Gasteiger partial charge on any atom is 0.272 e. The fourth-order valence-corrected chi connectivity index (χ4v) is 4.25. The average molecular weight is 402 g/mol. The van der Waals surface area contributed by atoms with Gasteiger partial charge < -0.3 is 9.64 Å². The van der Waals surface area contributed by atoms with E-state index in [1.165, 1.54) is 0 Å². The molecule has 3 aromatic rings. The third-order valence-electron chi connectivity index (χ3n) is 4.46. The predicted molar refractivity (Wildman–Crippen MR) is 108 cm³/mol. The molecule has 7 heteroatoms. The van der Waals surface area contributed by atoms with Crippen LogP contribution in [0.2, 0.25) is 5.02 Å². The van der Waals surface area contributed by atoms with Gasteiger partial charge in [0.1, 0.15) is 11.4 Å². The molecule has 1 aliphatic heterocycles. The quantitative estimate of drug-likeness (QED) is 0.649. The molecule has 2 aromatic heterocycles. The van der Waals surface area contributed by atoms with Crippen LogP contribution in [0, 0.1) is 0 Å². The van der Waals surface area contributed by atoms with Crippen molar-refractivity contribution in [1.29, 1.82) is 0 Å². The molecule has 1 saturated heterocycles. The minimum atomic E-state index is -0.0488. The lowest BCUT2D eigenvalue weighted by Crippen LogP contribution is -2.48. The van der Waals surface area contributed by atoms with Gasteiger partial charge in [-0.05, 0) is 49.6 Å². The molecule has 5 nitrogen and oxygen atoms in total. The lowest BCUT2D eigenvalue weighted by atomic mass is 10.2. The van der Waals surface area contributed by atoms with Gasteiger partial charge in [0.2, 0.25) is 0 Å². The summed E-state index contributed by atoms with van der Waals surface area (Å²) in [7, 11) is 0. The standard InChI is InChI=1S/C20H20ClN3O2S/c1-13-11-23(12-14(2)26-13)20(25)18-10-17(19-7-4-8-27-19)22-24(18)16-6-3-5-15(21)9-16/h3-10,13-14H,11-12H2,1-2H3/t13-,14+. The van der Waals surface area contributed by atoms with Crippen molar-refractivity contribution in [2.24, 2.45) is 0 Å². The van der Waals surface area contributed by atoms with Crippen LogP contribution in [0.15, 0.2) is 47.8 Å². The first kappa shape index (κ1) is 18.2. The smallest absolute Gasteiger partial charge is 0.272 e. The van der Waals surface area contributed by atoms with Gasteiger partial charge in [-0.3, -0.25) is 4.79 Å². The zero-order valence-corrected chi connectivity index (χ0v) is 16.7. The van der Waals surface area contributed by atoms with Crippen molar-refractivity contribution < 1.29 is 9.53 Å². The van der Waals surface area contributed by atoms with E-state index >= 15 is 0 Å². The van der Waals surface area contributed by atoms with Gasteiger partial charge in [-0.1, -0.05) is 23.7 Å². The summed E-state index contributed by atoms with van der Waals surface area (Å²) < 4.78 is 7.45. The highest BCUT2D eigenvalue weighted by atomic mass is 35.5. The fraction of sp³-hybridized carbons (Fsp3) is 0.300. The second kappa shape index (κ2) is 7.46. The molecule has 0 N–H and O–H groups in total. The molecule has 3 heterocycles. The normalized spacial score (nSPS) is 20.0. The van der Waals surface area contributed by atoms with E-state index in [1.54, 1.807) is 16.0 Å². The van der Waals surface area contributed by atoms with E-state index in [0.29, 0.717) is 23.8 Å². The molecule has 4 rings (SSSR count). The molecule has 1 amide bonds. The molecule has 1 aromatic carbocycles. The summed E-state index contributed by atoms with van der Waals surface area (Å²) >= 11 is 7.77. The molecule has 0 spiro atoms. The molecule has 0 unspecified atom stereocenters. The summed E-state index contributed by atoms with van der Waals surface area (Å²) in [5.41, 5.74) is 2.08. The Morgan fingerprint density at radius 3 is 2.63 bits per heavy atom. The lowest BCUT2D eigenvalue weighted by molar-refractivity contribution is -0.0588. The lowest BCUT2D eigenvalue weighted by Gasteiger charge is -2.35. The van der Waals surface area contributed by atoms with Gasteiger partial charge in [-0.25, -0.2) is 4.68 Å². The van der Waals surface area contributed by atoms with Crippen molar-refractivity contribution in [3.63, 3.8) is 0 Å². The molecule has 1 aliphatic rings. The highest BCUT2D eigenvalue weighted by Gasteiger charge is 2.29. The van der Waals surface area contributed by atoms with Crippen LogP contribution in [0.4, 0.5) is 0 Å². The second-order valence-corrected chi connectivity index (χ2v) is 8.14. The van der Waals surface area contributed by atoms with Crippen molar-refractivity contribution in [3.8, 4) is 16.3 Å². The number of nitrogens with zero attached hydrogens (tertiary/aromatic N) is 3. The second-order valence-electron chi connectivity index (χ2n) is 6.75. The molecule has 0 bridgehead atoms. The van der Waals surface area contributed by atoms with Crippen LogP contribution in [-0.2, 0) is 4.74 Å².